The number of aldehydes is 1. The first-order valence-electron chi connectivity index (χ1n) is 8.17. The molecule has 144 valence electrons. The van der Waals surface area contributed by atoms with Crippen LogP contribution in [0.15, 0.2) is 36.4 Å². The predicted octanol–water partition coefficient (Wildman–Crippen LogP) is 2.57. The summed E-state index contributed by atoms with van der Waals surface area (Å²) in [5.41, 5.74) is 0.806. The number of carbonyl (C=O) groups excluding carboxylic acids is 3. The number of esters is 1. The number of benzene rings is 2. The van der Waals surface area contributed by atoms with Gasteiger partial charge in [-0.1, -0.05) is 0 Å². The Morgan fingerprint density at radius 2 is 1.79 bits per heavy atom. The second-order valence-corrected chi connectivity index (χ2v) is 5.61. The molecule has 8 nitrogen and oxygen atoms in total. The van der Waals surface area contributed by atoms with Gasteiger partial charge in [-0.3, -0.25) is 9.59 Å². The minimum Gasteiger partial charge on any atom is -0.493 e. The Balaban J connectivity index is 2.18. The first-order chi connectivity index (χ1) is 13.4. The Morgan fingerprint density at radius 3 is 2.32 bits per heavy atom. The number of methoxy groups -OCH3 is 2. The van der Waals surface area contributed by atoms with Crippen LogP contribution in [-0.2, 0) is 9.53 Å². The standard InChI is InChI=1S/C20H18N2O6/c1-12(19(24)22-15-7-4-13(10-21)5-8-15)28-20(25)17-14(11-23)6-9-16(26-2)18(17)27-3/h4-9,11-12H,1-3H3,(H,22,24)/t12-/m1/s1. The molecule has 1 N–H and O–H groups in total. The monoisotopic (exact) mass is 382 g/mol. The molecule has 0 aromatic heterocycles. The topological polar surface area (TPSA) is 115 Å². The van der Waals surface area contributed by atoms with E-state index in [2.05, 4.69) is 5.32 Å². The van der Waals surface area contributed by atoms with E-state index in [-0.39, 0.29) is 22.6 Å². The zero-order valence-electron chi connectivity index (χ0n) is 15.5. The number of ether oxygens (including phenoxy) is 3. The maximum absolute atomic E-state index is 12.6. The van der Waals surface area contributed by atoms with Crippen molar-refractivity contribution in [1.82, 2.24) is 0 Å². The van der Waals surface area contributed by atoms with E-state index in [1.165, 1.54) is 33.3 Å². The number of rotatable bonds is 7. The maximum Gasteiger partial charge on any atom is 0.343 e. The summed E-state index contributed by atoms with van der Waals surface area (Å²) >= 11 is 0. The Kier molecular flexibility index (Phi) is 6.71. The molecule has 2 rings (SSSR count). The predicted molar refractivity (Wildman–Crippen MR) is 99.6 cm³/mol. The highest BCUT2D eigenvalue weighted by Gasteiger charge is 2.26. The molecule has 2 aromatic carbocycles. The summed E-state index contributed by atoms with van der Waals surface area (Å²) in [6.45, 7) is 1.39. The highest BCUT2D eigenvalue weighted by Crippen LogP contribution is 2.33. The van der Waals surface area contributed by atoms with E-state index in [1.54, 1.807) is 24.3 Å². The number of nitriles is 1. The molecule has 8 heteroatoms. The van der Waals surface area contributed by atoms with Gasteiger partial charge in [0.05, 0.1) is 25.9 Å². The van der Waals surface area contributed by atoms with Gasteiger partial charge < -0.3 is 19.5 Å². The smallest absolute Gasteiger partial charge is 0.343 e. The number of hydrogen-bond acceptors (Lipinski definition) is 7. The zero-order chi connectivity index (χ0) is 20.7. The van der Waals surface area contributed by atoms with E-state index < -0.39 is 18.0 Å². The molecule has 0 unspecified atom stereocenters. The molecule has 0 aliphatic carbocycles. The highest BCUT2D eigenvalue weighted by atomic mass is 16.6. The molecule has 2 aromatic rings. The van der Waals surface area contributed by atoms with E-state index in [0.29, 0.717) is 17.5 Å². The summed E-state index contributed by atoms with van der Waals surface area (Å²) in [7, 11) is 2.71. The van der Waals surface area contributed by atoms with Gasteiger partial charge in [0, 0.05) is 11.3 Å². The summed E-state index contributed by atoms with van der Waals surface area (Å²) < 4.78 is 15.5. The van der Waals surface area contributed by atoms with Crippen LogP contribution in [0.5, 0.6) is 11.5 Å². The van der Waals surface area contributed by atoms with E-state index in [9.17, 15) is 14.4 Å². The fraction of sp³-hybridized carbons (Fsp3) is 0.200. The van der Waals surface area contributed by atoms with Crippen LogP contribution in [0.2, 0.25) is 0 Å². The molecule has 1 amide bonds. The van der Waals surface area contributed by atoms with Crippen molar-refractivity contribution < 1.29 is 28.6 Å². The average Bonchev–Trinajstić information content (AvgIpc) is 2.72. The lowest BCUT2D eigenvalue weighted by Crippen LogP contribution is -2.30. The summed E-state index contributed by atoms with van der Waals surface area (Å²) in [6.07, 6.45) is -0.668. The minimum absolute atomic E-state index is 0.0387. The third-order valence-electron chi connectivity index (χ3n) is 3.84. The number of nitrogens with one attached hydrogen (secondary N) is 1. The molecule has 0 heterocycles. The lowest BCUT2D eigenvalue weighted by atomic mass is 10.1. The fourth-order valence-corrected chi connectivity index (χ4v) is 2.40. The van der Waals surface area contributed by atoms with Gasteiger partial charge in [0.1, 0.15) is 5.56 Å². The number of hydrogen-bond donors (Lipinski definition) is 1. The molecule has 0 bridgehead atoms. The van der Waals surface area contributed by atoms with Gasteiger partial charge in [0.25, 0.3) is 5.91 Å². The Morgan fingerprint density at radius 1 is 1.11 bits per heavy atom. The van der Waals surface area contributed by atoms with Crippen molar-refractivity contribution in [3.05, 3.63) is 53.1 Å². The van der Waals surface area contributed by atoms with Gasteiger partial charge in [0.2, 0.25) is 0 Å². The lowest BCUT2D eigenvalue weighted by molar-refractivity contribution is -0.123. The summed E-state index contributed by atoms with van der Waals surface area (Å²) in [4.78, 5) is 36.2. The molecule has 0 aliphatic rings. The van der Waals surface area contributed by atoms with Crippen molar-refractivity contribution in [1.29, 1.82) is 5.26 Å². The van der Waals surface area contributed by atoms with Crippen LogP contribution in [0.1, 0.15) is 33.2 Å². The fourth-order valence-electron chi connectivity index (χ4n) is 2.40. The van der Waals surface area contributed by atoms with Crippen molar-refractivity contribution in [3.63, 3.8) is 0 Å². The molecular weight excluding hydrogens is 364 g/mol. The largest absolute Gasteiger partial charge is 0.493 e. The van der Waals surface area contributed by atoms with Crippen LogP contribution in [0.25, 0.3) is 0 Å². The Hall–Kier alpha value is -3.86. The number of nitrogens with zero attached hydrogens (tertiary/aromatic N) is 1. The third-order valence-corrected chi connectivity index (χ3v) is 3.84. The zero-order valence-corrected chi connectivity index (χ0v) is 15.5. The molecule has 28 heavy (non-hydrogen) atoms. The normalized spacial score (nSPS) is 10.9. The second-order valence-electron chi connectivity index (χ2n) is 5.61. The van der Waals surface area contributed by atoms with E-state index >= 15 is 0 Å². The number of carbonyl (C=O) groups is 3. The van der Waals surface area contributed by atoms with Crippen molar-refractivity contribution in [3.8, 4) is 17.6 Å². The maximum atomic E-state index is 12.6. The Labute approximate surface area is 161 Å². The third kappa shape index (κ3) is 4.45. The molecule has 0 radical (unpaired) electrons. The van der Waals surface area contributed by atoms with Gasteiger partial charge in [-0.15, -0.1) is 0 Å². The molecular formula is C20H18N2O6. The van der Waals surface area contributed by atoms with Gasteiger partial charge in [-0.2, -0.15) is 5.26 Å². The van der Waals surface area contributed by atoms with Gasteiger partial charge in [0.15, 0.2) is 23.9 Å². The van der Waals surface area contributed by atoms with Crippen LogP contribution >= 0.6 is 0 Å². The van der Waals surface area contributed by atoms with E-state index in [4.69, 9.17) is 19.5 Å². The summed E-state index contributed by atoms with van der Waals surface area (Å²) in [5, 5.41) is 11.4. The van der Waals surface area contributed by atoms with Crippen LogP contribution in [0.4, 0.5) is 5.69 Å². The Bertz CT molecular complexity index is 931. The van der Waals surface area contributed by atoms with E-state index in [1.807, 2.05) is 6.07 Å². The molecule has 0 fully saturated rings. The van der Waals surface area contributed by atoms with Crippen molar-refractivity contribution in [2.24, 2.45) is 0 Å². The molecule has 0 aliphatic heterocycles. The van der Waals surface area contributed by atoms with Crippen LogP contribution < -0.4 is 14.8 Å². The summed E-state index contributed by atoms with van der Waals surface area (Å²) in [5.74, 6) is -1.19. The van der Waals surface area contributed by atoms with Gasteiger partial charge in [-0.25, -0.2) is 4.79 Å². The van der Waals surface area contributed by atoms with Crippen molar-refractivity contribution in [2.45, 2.75) is 13.0 Å². The first kappa shape index (κ1) is 20.5. The molecule has 0 spiro atoms. The highest BCUT2D eigenvalue weighted by molar-refractivity contribution is 6.03. The minimum atomic E-state index is -1.15. The quantitative estimate of drug-likeness (QED) is 0.578. The SMILES string of the molecule is COc1ccc(C=O)c(C(=O)O[C@H](C)C(=O)Nc2ccc(C#N)cc2)c1OC. The molecule has 1 atom stereocenters. The average molecular weight is 382 g/mol. The van der Waals surface area contributed by atoms with Crippen LogP contribution in [0, 0.1) is 11.3 Å². The number of anilines is 1. The summed E-state index contributed by atoms with van der Waals surface area (Å²) in [6, 6.07) is 11.1. The van der Waals surface area contributed by atoms with Crippen LogP contribution in [0.3, 0.4) is 0 Å². The van der Waals surface area contributed by atoms with Crippen molar-refractivity contribution in [2.75, 3.05) is 19.5 Å². The van der Waals surface area contributed by atoms with E-state index in [0.717, 1.165) is 0 Å². The van der Waals surface area contributed by atoms with Gasteiger partial charge in [-0.05, 0) is 43.3 Å². The second kappa shape index (κ2) is 9.19. The molecule has 0 saturated heterocycles. The van der Waals surface area contributed by atoms with Gasteiger partial charge >= 0.3 is 5.97 Å². The van der Waals surface area contributed by atoms with Crippen LogP contribution in [-0.4, -0.2) is 38.5 Å². The van der Waals surface area contributed by atoms with Crippen molar-refractivity contribution >= 4 is 23.9 Å². The number of amides is 1. The first-order valence-corrected chi connectivity index (χ1v) is 8.17. The lowest BCUT2D eigenvalue weighted by Gasteiger charge is -2.17. The molecule has 0 saturated carbocycles.